The van der Waals surface area contributed by atoms with Crippen LogP contribution in [0.4, 0.5) is 28.8 Å². The summed E-state index contributed by atoms with van der Waals surface area (Å²) in [5.74, 6) is -0.703. The van der Waals surface area contributed by atoms with E-state index in [0.717, 1.165) is 0 Å². The van der Waals surface area contributed by atoms with Gasteiger partial charge in [0.05, 0.1) is 51.0 Å². The second-order valence-electron chi connectivity index (χ2n) is 14.0. The van der Waals surface area contributed by atoms with Crippen LogP contribution in [0.15, 0.2) is 59.6 Å². The van der Waals surface area contributed by atoms with Gasteiger partial charge in [0.25, 0.3) is 0 Å². The van der Waals surface area contributed by atoms with Gasteiger partial charge >= 0.3 is 0 Å². The lowest BCUT2D eigenvalue weighted by Gasteiger charge is -2.26. The van der Waals surface area contributed by atoms with Crippen LogP contribution in [0.5, 0.6) is 11.5 Å². The molecule has 0 spiro atoms. The zero-order chi connectivity index (χ0) is 52.2. The molecular weight excluding hydrogens is 746 g/mol. The van der Waals surface area contributed by atoms with Gasteiger partial charge in [-0.15, -0.1) is 0 Å². The number of rotatable bonds is 12. The second-order valence-corrected chi connectivity index (χ2v) is 16.6. The van der Waals surface area contributed by atoms with Gasteiger partial charge < -0.3 is 36.5 Å². The highest BCUT2D eigenvalue weighted by Gasteiger charge is 2.24. The van der Waals surface area contributed by atoms with Crippen LogP contribution in [-0.4, -0.2) is 61.8 Å². The van der Waals surface area contributed by atoms with Crippen molar-refractivity contribution in [3.05, 3.63) is 82.0 Å². The Morgan fingerprint density at radius 1 is 0.857 bits per heavy atom. The fourth-order valence-corrected chi connectivity index (χ4v) is 7.28. The molecule has 56 heavy (non-hydrogen) atoms. The van der Waals surface area contributed by atoms with Gasteiger partial charge in [-0.3, -0.25) is 0 Å². The molecular formula is C43H60ClN7O4S. The van der Waals surface area contributed by atoms with Crippen LogP contribution in [0.3, 0.4) is 0 Å². The molecule has 4 aromatic rings. The molecule has 2 saturated heterocycles. The van der Waals surface area contributed by atoms with Gasteiger partial charge in [-0.25, -0.2) is 13.4 Å². The van der Waals surface area contributed by atoms with Crippen LogP contribution in [0.1, 0.15) is 119 Å². The van der Waals surface area contributed by atoms with Crippen molar-refractivity contribution in [1.82, 2.24) is 20.6 Å². The van der Waals surface area contributed by atoms with E-state index in [4.69, 9.17) is 44.6 Å². The van der Waals surface area contributed by atoms with Crippen LogP contribution in [0, 0.1) is 13.8 Å². The Bertz CT molecular complexity index is 2650. The summed E-state index contributed by atoms with van der Waals surface area (Å²) in [6, 6.07) is 9.30. The summed E-state index contributed by atoms with van der Waals surface area (Å²) in [6.45, 7) is 4.40. The monoisotopic (exact) mass is 818 g/mol. The number of benzene rings is 3. The molecule has 0 saturated carbocycles. The van der Waals surface area contributed by atoms with Crippen molar-refractivity contribution in [1.29, 1.82) is 0 Å². The Kier molecular flexibility index (Phi) is 9.79. The summed E-state index contributed by atoms with van der Waals surface area (Å²) in [6.07, 6.45) is -1.30. The Morgan fingerprint density at radius 2 is 1.39 bits per heavy atom. The van der Waals surface area contributed by atoms with E-state index in [1.165, 1.54) is 46.0 Å². The van der Waals surface area contributed by atoms with E-state index in [1.807, 2.05) is 0 Å². The van der Waals surface area contributed by atoms with Crippen molar-refractivity contribution >= 4 is 50.3 Å². The number of ether oxygens (including phenoxy) is 2. The van der Waals surface area contributed by atoms with Gasteiger partial charge in [-0.05, 0) is 178 Å². The molecule has 1 aromatic heterocycles. The molecule has 0 radical (unpaired) electrons. The first-order valence-electron chi connectivity index (χ1n) is 24.6. The molecule has 13 heteroatoms. The molecule has 0 atom stereocenters. The number of nitrogens with two attached hydrogens (primary N) is 1. The quantitative estimate of drug-likeness (QED) is 0.0871. The largest absolute Gasteiger partial charge is 0.489 e. The lowest BCUT2D eigenvalue weighted by atomic mass is 9.87. The minimum absolute atomic E-state index is 0.0345. The van der Waals surface area contributed by atoms with Gasteiger partial charge in [0, 0.05) is 12.3 Å². The van der Waals surface area contributed by atoms with Crippen LogP contribution in [0.2, 0.25) is 5.02 Å². The highest BCUT2D eigenvalue weighted by Crippen LogP contribution is 2.38. The smallest absolute Gasteiger partial charge is 0.229 e. The summed E-state index contributed by atoms with van der Waals surface area (Å²) in [7, 11) is -4.07. The molecule has 6 rings (SSSR count). The number of nitrogen functional groups attached to an aromatic ring is 1. The normalized spacial score (nSPS) is 23.0. The SMILES string of the molecule is [2H]c1c(C)c(C2CC([2H])([2H])NC([2H])([2H])C2)cc(OC([2H])(C)C)c1N.[2H]c1c(C)c(C2CC([2H])([2H])NC([2H])([2H])C2)cc(OC([2H])(C)C)c1Nc1ncc(Cl)c(Nc2ccccc2S(=O)(=O)C([2H])(C)C)n1. The third kappa shape index (κ3) is 11.1. The van der Waals surface area contributed by atoms with E-state index in [2.05, 4.69) is 31.2 Å². The van der Waals surface area contributed by atoms with Gasteiger partial charge in [0.2, 0.25) is 5.95 Å². The van der Waals surface area contributed by atoms with Gasteiger partial charge in [0.1, 0.15) is 16.5 Å². The zero-order valence-electron chi connectivity index (χ0n) is 45.9. The molecule has 6 N–H and O–H groups in total. The van der Waals surface area contributed by atoms with E-state index in [-0.39, 0.29) is 88.0 Å². The Labute approximate surface area is 357 Å². The number of nitrogens with zero attached hydrogens (tertiary/aromatic N) is 2. The Morgan fingerprint density at radius 3 is 1.96 bits per heavy atom. The molecule has 11 nitrogen and oxygen atoms in total. The number of hydrogen-bond donors (Lipinski definition) is 5. The first-order valence-corrected chi connectivity index (χ1v) is 20.0. The van der Waals surface area contributed by atoms with E-state index in [9.17, 15) is 8.42 Å². The minimum Gasteiger partial charge on any atom is -0.489 e. The fraction of sp³-hybridized carbons (Fsp3) is 0.488. The van der Waals surface area contributed by atoms with Crippen LogP contribution >= 0.6 is 11.6 Å². The summed E-state index contributed by atoms with van der Waals surface area (Å²) < 4.78 is 144. The molecule has 3 aromatic carbocycles. The predicted molar refractivity (Wildman–Crippen MR) is 230 cm³/mol. The number of piperidine rings is 2. The van der Waals surface area contributed by atoms with Crippen LogP contribution in [-0.2, 0) is 9.84 Å². The molecule has 3 heterocycles. The highest BCUT2D eigenvalue weighted by atomic mass is 35.5. The van der Waals surface area contributed by atoms with Crippen LogP contribution in [0.25, 0.3) is 0 Å². The van der Waals surface area contributed by atoms with Crippen molar-refractivity contribution in [2.45, 2.75) is 115 Å². The third-order valence-corrected chi connectivity index (χ3v) is 11.1. The number of halogens is 1. The van der Waals surface area contributed by atoms with Gasteiger partial charge in [0.15, 0.2) is 15.7 Å². The average Bonchev–Trinajstić information content (AvgIpc) is 3.15. The standard InChI is InChI=1S/C28H36ClN5O3S.C15H24N2O/c1-17(2)37-25-15-21(20-10-12-30-13-11-20)19(5)14-24(25)33-28-31-16-22(29)27(34-28)32-23-8-6-7-9-26(23)38(35,36)18(3)4;1-10(2)18-15-9-13(11(3)8-14(15)16)12-4-6-17-7-5-12/h6-9,14-18,20,30H,10-13H2,1-5H3,(H2,31,32,33,34);8-10,12,17H,4-7,16H2,1-3H3/i12D2,13D2,14D,17D,18D;6D2,7D2,8D,10D. The zero-order valence-corrected chi connectivity index (χ0v) is 34.5. The van der Waals surface area contributed by atoms with Crippen molar-refractivity contribution < 1.29 is 35.7 Å². The van der Waals surface area contributed by atoms with Crippen LogP contribution < -0.4 is 36.5 Å². The minimum atomic E-state index is -4.07. The lowest BCUT2D eigenvalue weighted by molar-refractivity contribution is 0.243. The van der Waals surface area contributed by atoms with Crippen molar-refractivity contribution in [3.63, 3.8) is 0 Å². The van der Waals surface area contributed by atoms with E-state index >= 15 is 0 Å². The maximum Gasteiger partial charge on any atom is 0.229 e. The summed E-state index contributed by atoms with van der Waals surface area (Å²) in [5.41, 5.74) is 8.54. The number of sulfone groups is 1. The molecule has 2 aliphatic rings. The average molecular weight is 820 g/mol. The van der Waals surface area contributed by atoms with E-state index in [1.54, 1.807) is 52.0 Å². The summed E-state index contributed by atoms with van der Waals surface area (Å²) in [5, 5.41) is 8.88. The maximum atomic E-state index is 13.1. The summed E-state index contributed by atoms with van der Waals surface area (Å²) >= 11 is 6.38. The van der Waals surface area contributed by atoms with Crippen molar-refractivity contribution in [2.24, 2.45) is 0 Å². The van der Waals surface area contributed by atoms with Crippen molar-refractivity contribution in [3.8, 4) is 11.5 Å². The molecule has 2 aliphatic heterocycles. The maximum absolute atomic E-state index is 13.1. The molecule has 0 unspecified atom stereocenters. The fourth-order valence-electron chi connectivity index (χ4n) is 6.04. The number of anilines is 5. The second kappa shape index (κ2) is 19.4. The van der Waals surface area contributed by atoms with E-state index < -0.39 is 65.0 Å². The Balaban J connectivity index is 0.000000311. The first kappa shape index (κ1) is 28.3. The van der Waals surface area contributed by atoms with E-state index in [0.29, 0.717) is 22.3 Å². The lowest BCUT2D eigenvalue weighted by Crippen LogP contribution is -2.27. The number of hydrogen-bond acceptors (Lipinski definition) is 11. The van der Waals surface area contributed by atoms with Gasteiger partial charge in [-0.1, -0.05) is 23.7 Å². The molecule has 304 valence electrons. The number of nitrogens with one attached hydrogen (secondary N) is 4. The Hall–Kier alpha value is -4.10. The molecule has 2 fully saturated rings. The highest BCUT2D eigenvalue weighted by molar-refractivity contribution is 7.92. The summed E-state index contributed by atoms with van der Waals surface area (Å²) in [4.78, 5) is 8.50. The topological polar surface area (TPSA) is 153 Å². The van der Waals surface area contributed by atoms with Crippen molar-refractivity contribution in [2.75, 3.05) is 42.4 Å². The molecule has 0 bridgehead atoms. The molecule has 0 aliphatic carbocycles. The van der Waals surface area contributed by atoms with Gasteiger partial charge in [-0.2, -0.15) is 4.98 Å². The number of aromatic nitrogens is 2. The molecule has 0 amide bonds. The predicted octanol–water partition coefficient (Wildman–Crippen LogP) is 9.19. The first-order chi connectivity index (χ1) is 31.2. The number of para-hydroxylation sites is 1. The third-order valence-electron chi connectivity index (χ3n) is 8.79.